The van der Waals surface area contributed by atoms with E-state index in [1.807, 2.05) is 0 Å². The second kappa shape index (κ2) is 12.8. The van der Waals surface area contributed by atoms with Gasteiger partial charge in [0, 0.05) is 6.92 Å². The lowest BCUT2D eigenvalue weighted by Gasteiger charge is -2.49. The van der Waals surface area contributed by atoms with E-state index < -0.39 is 118 Å². The van der Waals surface area contributed by atoms with Gasteiger partial charge in [0.05, 0.1) is 25.9 Å². The first-order valence-electron chi connectivity index (χ1n) is 11.9. The summed E-state index contributed by atoms with van der Waals surface area (Å²) >= 11 is 0. The van der Waals surface area contributed by atoms with E-state index in [4.69, 9.17) is 23.7 Å². The van der Waals surface area contributed by atoms with Gasteiger partial charge in [-0.25, -0.2) is 0 Å². The first-order valence-corrected chi connectivity index (χ1v) is 11.9. The summed E-state index contributed by atoms with van der Waals surface area (Å²) in [5.74, 6) is -0.621. The summed E-state index contributed by atoms with van der Waals surface area (Å²) in [6, 6.07) is -1.37. The van der Waals surface area contributed by atoms with Crippen LogP contribution in [0, 0.1) is 0 Å². The maximum absolute atomic E-state index is 11.9. The molecular formula is C21H37NO15. The van der Waals surface area contributed by atoms with Crippen LogP contribution < -0.4 is 5.32 Å². The number of carbonyl (C=O) groups excluding carboxylic acids is 1. The lowest BCUT2D eigenvalue weighted by Crippen LogP contribution is -2.69. The van der Waals surface area contributed by atoms with Crippen LogP contribution in [-0.4, -0.2) is 164 Å². The Morgan fingerprint density at radius 2 is 1.19 bits per heavy atom. The van der Waals surface area contributed by atoms with Crippen molar-refractivity contribution < 1.29 is 74.4 Å². The minimum atomic E-state index is -1.81. The molecule has 3 aliphatic rings. The van der Waals surface area contributed by atoms with E-state index in [1.54, 1.807) is 0 Å². The Balaban J connectivity index is 1.81. The molecule has 0 saturated carbocycles. The van der Waals surface area contributed by atoms with Crippen LogP contribution in [-0.2, 0) is 28.5 Å². The fraction of sp³-hybridized carbons (Fsp3) is 0.952. The Kier molecular flexibility index (Phi) is 10.6. The van der Waals surface area contributed by atoms with Gasteiger partial charge in [0.15, 0.2) is 12.6 Å². The van der Waals surface area contributed by atoms with Crippen LogP contribution in [0.4, 0.5) is 0 Å². The van der Waals surface area contributed by atoms with Crippen molar-refractivity contribution in [2.24, 2.45) is 0 Å². The number of nitrogens with one attached hydrogen (secondary N) is 1. The van der Waals surface area contributed by atoms with Crippen molar-refractivity contribution in [3.8, 4) is 0 Å². The molecule has 16 heteroatoms. The Labute approximate surface area is 211 Å². The van der Waals surface area contributed by atoms with Crippen molar-refractivity contribution in [3.63, 3.8) is 0 Å². The summed E-state index contributed by atoms with van der Waals surface area (Å²) in [7, 11) is 0. The highest BCUT2D eigenvalue weighted by molar-refractivity contribution is 5.73. The number of ether oxygens (including phenoxy) is 5. The third-order valence-corrected chi connectivity index (χ3v) is 6.75. The fourth-order valence-electron chi connectivity index (χ4n) is 4.70. The molecule has 0 bridgehead atoms. The molecule has 1 amide bonds. The van der Waals surface area contributed by atoms with E-state index in [0.29, 0.717) is 0 Å². The molecule has 6 unspecified atom stereocenters. The third-order valence-electron chi connectivity index (χ3n) is 6.75. The molecule has 37 heavy (non-hydrogen) atoms. The van der Waals surface area contributed by atoms with E-state index in [-0.39, 0.29) is 0 Å². The topological polar surface area (TPSA) is 257 Å². The van der Waals surface area contributed by atoms with E-state index >= 15 is 0 Å². The molecule has 3 fully saturated rings. The van der Waals surface area contributed by atoms with Crippen LogP contribution in [0.5, 0.6) is 0 Å². The molecule has 0 aromatic heterocycles. The van der Waals surface area contributed by atoms with Gasteiger partial charge in [-0.3, -0.25) is 4.79 Å². The number of hydrogen-bond acceptors (Lipinski definition) is 15. The van der Waals surface area contributed by atoms with E-state index in [2.05, 4.69) is 5.32 Å². The van der Waals surface area contributed by atoms with E-state index in [0.717, 1.165) is 6.92 Å². The third kappa shape index (κ3) is 6.39. The van der Waals surface area contributed by atoms with Gasteiger partial charge < -0.3 is 75.0 Å². The minimum Gasteiger partial charge on any atom is -0.394 e. The van der Waals surface area contributed by atoms with Crippen molar-refractivity contribution in [3.05, 3.63) is 0 Å². The zero-order valence-corrected chi connectivity index (χ0v) is 20.3. The van der Waals surface area contributed by atoms with Crippen molar-refractivity contribution >= 4 is 5.91 Å². The highest BCUT2D eigenvalue weighted by atomic mass is 16.7. The molecule has 3 saturated heterocycles. The van der Waals surface area contributed by atoms with Gasteiger partial charge in [0.25, 0.3) is 0 Å². The van der Waals surface area contributed by atoms with Gasteiger partial charge in [-0.1, -0.05) is 0 Å². The lowest BCUT2D eigenvalue weighted by atomic mass is 9.93. The molecule has 0 aromatic carbocycles. The van der Waals surface area contributed by atoms with Crippen LogP contribution in [0.2, 0.25) is 0 Å². The zero-order chi connectivity index (χ0) is 27.6. The van der Waals surface area contributed by atoms with Gasteiger partial charge in [-0.05, 0) is 6.92 Å². The first kappa shape index (κ1) is 30.5. The summed E-state index contributed by atoms with van der Waals surface area (Å²) in [4.78, 5) is 11.9. The van der Waals surface area contributed by atoms with Gasteiger partial charge in [-0.15, -0.1) is 0 Å². The summed E-state index contributed by atoms with van der Waals surface area (Å²) in [6.45, 7) is 0.595. The quantitative estimate of drug-likeness (QED) is 0.137. The number of aliphatic hydroxyl groups excluding tert-OH is 9. The second-order valence-electron chi connectivity index (χ2n) is 9.38. The number of aliphatic hydroxyl groups is 9. The van der Waals surface area contributed by atoms with Crippen molar-refractivity contribution in [1.82, 2.24) is 5.32 Å². The number of amides is 1. The average Bonchev–Trinajstić information content (AvgIpc) is 2.86. The first-order chi connectivity index (χ1) is 17.4. The van der Waals surface area contributed by atoms with Gasteiger partial charge in [0.2, 0.25) is 5.91 Å². The van der Waals surface area contributed by atoms with Gasteiger partial charge >= 0.3 is 0 Å². The molecule has 0 aromatic rings. The van der Waals surface area contributed by atoms with Crippen molar-refractivity contribution in [1.29, 1.82) is 0 Å². The van der Waals surface area contributed by atoms with Crippen LogP contribution in [0.1, 0.15) is 13.8 Å². The minimum absolute atomic E-state index is 0.563. The summed E-state index contributed by atoms with van der Waals surface area (Å²) < 4.78 is 27.9. The summed E-state index contributed by atoms with van der Waals surface area (Å²) in [6.07, 6.45) is -20.5. The SMILES string of the molecule is CC(=O)NC1C(O)[C@H](O[C@@H]2OC(CO)[C@H](O)C(O)[C@@H]2O)[C@H](CO)O[C@H]1O[C@@H]1C(O)[C@H](O)C(CO)O[C@@H]1C. The van der Waals surface area contributed by atoms with Crippen molar-refractivity contribution in [2.45, 2.75) is 106 Å². The Morgan fingerprint density at radius 1 is 0.676 bits per heavy atom. The Hall–Kier alpha value is -1.09. The van der Waals surface area contributed by atoms with Crippen LogP contribution >= 0.6 is 0 Å². The van der Waals surface area contributed by atoms with E-state index in [1.165, 1.54) is 6.92 Å². The monoisotopic (exact) mass is 543 g/mol. The van der Waals surface area contributed by atoms with Crippen LogP contribution in [0.15, 0.2) is 0 Å². The molecule has 3 rings (SSSR count). The van der Waals surface area contributed by atoms with E-state index in [9.17, 15) is 50.8 Å². The maximum Gasteiger partial charge on any atom is 0.217 e. The molecular weight excluding hydrogens is 506 g/mol. The zero-order valence-electron chi connectivity index (χ0n) is 20.3. The fourth-order valence-corrected chi connectivity index (χ4v) is 4.70. The molecule has 0 radical (unpaired) electrons. The number of rotatable bonds is 8. The lowest BCUT2D eigenvalue weighted by molar-refractivity contribution is -0.359. The molecule has 3 heterocycles. The Bertz CT molecular complexity index is 745. The molecule has 15 atom stereocenters. The maximum atomic E-state index is 11.9. The Morgan fingerprint density at radius 3 is 1.76 bits per heavy atom. The molecule has 3 aliphatic heterocycles. The number of carbonyl (C=O) groups is 1. The molecule has 0 spiro atoms. The number of hydrogen-bond donors (Lipinski definition) is 10. The molecule has 0 aliphatic carbocycles. The summed E-state index contributed by atoms with van der Waals surface area (Å²) in [5, 5.41) is 93.3. The standard InChI is InChI=1S/C21H37NO15/c1-6-18(16(31)13(28)8(3-23)33-6)36-20-11(22-7(2)26)14(29)19(10(5-25)35-20)37-21-17(32)15(30)12(27)9(4-24)34-21/h6,8-21,23-25,27-32H,3-5H2,1-2H3,(H,22,26)/t6-,8?,9?,10+,11?,12+,13-,14?,15?,16?,17+,18+,19-,20+,21+/m1/s1. The predicted molar refractivity (Wildman–Crippen MR) is 116 cm³/mol. The largest absolute Gasteiger partial charge is 0.394 e. The highest BCUT2D eigenvalue weighted by Gasteiger charge is 2.53. The predicted octanol–water partition coefficient (Wildman–Crippen LogP) is -6.36. The van der Waals surface area contributed by atoms with Crippen LogP contribution in [0.3, 0.4) is 0 Å². The second-order valence-corrected chi connectivity index (χ2v) is 9.38. The van der Waals surface area contributed by atoms with Gasteiger partial charge in [-0.2, -0.15) is 0 Å². The van der Waals surface area contributed by atoms with Crippen molar-refractivity contribution in [2.75, 3.05) is 19.8 Å². The highest BCUT2D eigenvalue weighted by Crippen LogP contribution is 2.32. The van der Waals surface area contributed by atoms with Gasteiger partial charge in [0.1, 0.15) is 73.2 Å². The molecule has 216 valence electrons. The molecule has 10 N–H and O–H groups in total. The average molecular weight is 544 g/mol. The summed E-state index contributed by atoms with van der Waals surface area (Å²) in [5.41, 5.74) is 0. The molecule has 16 nitrogen and oxygen atoms in total. The van der Waals surface area contributed by atoms with Crippen LogP contribution in [0.25, 0.3) is 0 Å². The smallest absolute Gasteiger partial charge is 0.217 e. The normalized spacial score (nSPS) is 49.0.